The van der Waals surface area contributed by atoms with Crippen molar-refractivity contribution in [2.24, 2.45) is 0 Å². The van der Waals surface area contributed by atoms with Crippen LogP contribution in [0.1, 0.15) is 10.5 Å². The Bertz CT molecular complexity index is 841. The molecule has 0 bridgehead atoms. The highest BCUT2D eigenvalue weighted by Crippen LogP contribution is 2.20. The lowest BCUT2D eigenvalue weighted by atomic mass is 10.3. The molecule has 0 spiro atoms. The van der Waals surface area contributed by atoms with E-state index >= 15 is 0 Å². The van der Waals surface area contributed by atoms with Crippen molar-refractivity contribution in [1.82, 2.24) is 14.2 Å². The molecule has 3 rings (SSSR count). The van der Waals surface area contributed by atoms with Gasteiger partial charge in [0.1, 0.15) is 5.69 Å². The Morgan fingerprint density at radius 1 is 1.00 bits per heavy atom. The molecule has 24 heavy (non-hydrogen) atoms. The summed E-state index contributed by atoms with van der Waals surface area (Å²) in [5.41, 5.74) is 0.397. The number of benzene rings is 1. The van der Waals surface area contributed by atoms with Gasteiger partial charge < -0.3 is 9.88 Å². The van der Waals surface area contributed by atoms with Crippen LogP contribution in [0, 0.1) is 0 Å². The van der Waals surface area contributed by atoms with E-state index in [9.17, 15) is 13.2 Å². The zero-order valence-corrected chi connectivity index (χ0v) is 14.9. The number of hydrogen-bond donors (Lipinski definition) is 1. The Morgan fingerprint density at radius 3 is 2.17 bits per heavy atom. The summed E-state index contributed by atoms with van der Waals surface area (Å²) < 4.78 is 26.6. The minimum absolute atomic E-state index is 0.189. The Kier molecular flexibility index (Phi) is 4.87. The summed E-state index contributed by atoms with van der Waals surface area (Å²) in [6, 6.07) is 7.61. The second-order valence-electron chi connectivity index (χ2n) is 5.38. The molecular weight excluding hydrogens is 373 g/mol. The number of aromatic amines is 1. The second-order valence-corrected chi connectivity index (χ2v) is 8.19. The largest absolute Gasteiger partial charge is 0.356 e. The molecule has 1 saturated heterocycles. The van der Waals surface area contributed by atoms with Gasteiger partial charge in [-0.05, 0) is 30.3 Å². The molecule has 9 heteroatoms. The molecule has 0 aliphatic carbocycles. The number of H-pyrrole nitrogens is 1. The van der Waals surface area contributed by atoms with E-state index in [0.29, 0.717) is 28.8 Å². The van der Waals surface area contributed by atoms with Gasteiger partial charge in [-0.2, -0.15) is 4.31 Å². The molecule has 0 atom stereocenters. The third-order valence-corrected chi connectivity index (χ3v) is 6.24. The number of hydrogen-bond acceptors (Lipinski definition) is 3. The number of nitrogens with one attached hydrogen (secondary N) is 1. The number of carbonyl (C=O) groups is 1. The number of sulfonamides is 1. The van der Waals surface area contributed by atoms with Crippen molar-refractivity contribution >= 4 is 39.1 Å². The van der Waals surface area contributed by atoms with Gasteiger partial charge in [-0.3, -0.25) is 4.79 Å². The molecule has 128 valence electrons. The second kappa shape index (κ2) is 6.76. The van der Waals surface area contributed by atoms with Crippen LogP contribution in [0.2, 0.25) is 10.0 Å². The van der Waals surface area contributed by atoms with E-state index in [0.717, 1.165) is 0 Å². The van der Waals surface area contributed by atoms with Gasteiger partial charge in [-0.25, -0.2) is 8.42 Å². The van der Waals surface area contributed by atoms with Crippen LogP contribution in [0.25, 0.3) is 0 Å². The normalized spacial score (nSPS) is 16.3. The van der Waals surface area contributed by atoms with Gasteiger partial charge in [0.15, 0.2) is 0 Å². The highest BCUT2D eigenvalue weighted by molar-refractivity contribution is 7.89. The van der Waals surface area contributed by atoms with Gasteiger partial charge in [0.2, 0.25) is 10.0 Å². The number of aromatic nitrogens is 1. The van der Waals surface area contributed by atoms with Crippen LogP contribution in [0.3, 0.4) is 0 Å². The van der Waals surface area contributed by atoms with E-state index in [2.05, 4.69) is 4.98 Å². The van der Waals surface area contributed by atoms with Crippen molar-refractivity contribution < 1.29 is 13.2 Å². The van der Waals surface area contributed by atoms with Crippen molar-refractivity contribution in [3.05, 3.63) is 52.3 Å². The standard InChI is InChI=1S/C15H15Cl2N3O3S/c16-11-1-3-13(4-2-11)24(22,23)20-7-5-19(6-8-20)15(21)14-9-12(17)10-18-14/h1-4,9-10,18H,5-8H2. The maximum Gasteiger partial charge on any atom is 0.270 e. The molecule has 2 aromatic rings. The van der Waals surface area contributed by atoms with Crippen molar-refractivity contribution in [3.8, 4) is 0 Å². The summed E-state index contributed by atoms with van der Waals surface area (Å²) in [7, 11) is -3.58. The average Bonchev–Trinajstić information content (AvgIpc) is 3.01. The van der Waals surface area contributed by atoms with Crippen LogP contribution in [-0.2, 0) is 10.0 Å². The number of nitrogens with zero attached hydrogens (tertiary/aromatic N) is 2. The predicted molar refractivity (Wildman–Crippen MR) is 91.9 cm³/mol. The van der Waals surface area contributed by atoms with Crippen LogP contribution in [0.4, 0.5) is 0 Å². The first-order valence-electron chi connectivity index (χ1n) is 7.27. The molecule has 6 nitrogen and oxygen atoms in total. The molecule has 1 aliphatic rings. The van der Waals surface area contributed by atoms with Crippen molar-refractivity contribution in [1.29, 1.82) is 0 Å². The Hall–Kier alpha value is -1.54. The van der Waals surface area contributed by atoms with Crippen LogP contribution >= 0.6 is 23.2 Å². The highest BCUT2D eigenvalue weighted by atomic mass is 35.5. The van der Waals surface area contributed by atoms with Crippen molar-refractivity contribution in [2.45, 2.75) is 4.90 Å². The maximum absolute atomic E-state index is 12.6. The smallest absolute Gasteiger partial charge is 0.270 e. The summed E-state index contributed by atoms with van der Waals surface area (Å²) in [5, 5.41) is 0.941. The fraction of sp³-hybridized carbons (Fsp3) is 0.267. The SMILES string of the molecule is O=C(c1cc(Cl)c[nH]1)N1CCN(S(=O)(=O)c2ccc(Cl)cc2)CC1. The van der Waals surface area contributed by atoms with Gasteiger partial charge in [0.25, 0.3) is 5.91 Å². The molecule has 2 heterocycles. The minimum atomic E-state index is -3.58. The van der Waals surface area contributed by atoms with Crippen LogP contribution in [0.5, 0.6) is 0 Å². The lowest BCUT2D eigenvalue weighted by Crippen LogP contribution is -2.50. The quantitative estimate of drug-likeness (QED) is 0.878. The molecule has 1 fully saturated rings. The molecule has 0 radical (unpaired) electrons. The molecule has 0 unspecified atom stereocenters. The number of amides is 1. The van der Waals surface area contributed by atoms with Crippen molar-refractivity contribution in [2.75, 3.05) is 26.2 Å². The molecule has 0 saturated carbocycles. The summed E-state index contributed by atoms with van der Waals surface area (Å²) in [6.45, 7) is 1.13. The van der Waals surface area contributed by atoms with Crippen LogP contribution in [0.15, 0.2) is 41.4 Å². The predicted octanol–water partition coefficient (Wildman–Crippen LogP) is 2.47. The third kappa shape index (κ3) is 3.44. The zero-order chi connectivity index (χ0) is 17.3. The van der Waals surface area contributed by atoms with Gasteiger partial charge in [0.05, 0.1) is 9.92 Å². The van der Waals surface area contributed by atoms with E-state index in [1.165, 1.54) is 22.6 Å². The van der Waals surface area contributed by atoms with E-state index in [4.69, 9.17) is 23.2 Å². The average molecular weight is 388 g/mol. The summed E-state index contributed by atoms with van der Waals surface area (Å²) >= 11 is 11.6. The number of carbonyl (C=O) groups excluding carboxylic acids is 1. The molecular formula is C15H15Cl2N3O3S. The Morgan fingerprint density at radius 2 is 1.62 bits per heavy atom. The first kappa shape index (κ1) is 17.3. The van der Waals surface area contributed by atoms with E-state index in [1.807, 2.05) is 0 Å². The number of piperazine rings is 1. The van der Waals surface area contributed by atoms with Crippen LogP contribution < -0.4 is 0 Å². The molecule has 1 aliphatic heterocycles. The zero-order valence-electron chi connectivity index (χ0n) is 12.6. The molecule has 1 N–H and O–H groups in total. The van der Waals surface area contributed by atoms with Crippen molar-refractivity contribution in [3.63, 3.8) is 0 Å². The third-order valence-electron chi connectivity index (χ3n) is 3.86. The topological polar surface area (TPSA) is 73.5 Å². The first-order valence-corrected chi connectivity index (χ1v) is 9.46. The lowest BCUT2D eigenvalue weighted by Gasteiger charge is -2.33. The summed E-state index contributed by atoms with van der Waals surface area (Å²) in [4.78, 5) is 16.9. The molecule has 1 aromatic heterocycles. The van der Waals surface area contributed by atoms with Crippen LogP contribution in [-0.4, -0.2) is 54.7 Å². The monoisotopic (exact) mass is 387 g/mol. The van der Waals surface area contributed by atoms with Gasteiger partial charge >= 0.3 is 0 Å². The fourth-order valence-corrected chi connectivity index (χ4v) is 4.26. The summed E-state index contributed by atoms with van der Waals surface area (Å²) in [6.07, 6.45) is 1.54. The molecule has 1 aromatic carbocycles. The number of rotatable bonds is 3. The van der Waals surface area contributed by atoms with Gasteiger partial charge in [-0.1, -0.05) is 23.2 Å². The number of halogens is 2. The molecule has 1 amide bonds. The van der Waals surface area contributed by atoms with Gasteiger partial charge in [0, 0.05) is 37.4 Å². The first-order chi connectivity index (χ1) is 11.4. The highest BCUT2D eigenvalue weighted by Gasteiger charge is 2.30. The van der Waals surface area contributed by atoms with E-state index < -0.39 is 10.0 Å². The Balaban J connectivity index is 1.68. The van der Waals surface area contributed by atoms with E-state index in [1.54, 1.807) is 23.1 Å². The van der Waals surface area contributed by atoms with Gasteiger partial charge in [-0.15, -0.1) is 0 Å². The minimum Gasteiger partial charge on any atom is -0.356 e. The Labute approximate surface area is 150 Å². The van der Waals surface area contributed by atoms with E-state index in [-0.39, 0.29) is 23.9 Å². The maximum atomic E-state index is 12.6. The fourth-order valence-electron chi connectivity index (χ4n) is 2.55. The summed E-state index contributed by atoms with van der Waals surface area (Å²) in [5.74, 6) is -0.189. The lowest BCUT2D eigenvalue weighted by molar-refractivity contribution is 0.0692.